The molecule has 0 radical (unpaired) electrons. The molecular formula is C15H23NO. The monoisotopic (exact) mass is 233 g/mol. The molecule has 0 atom stereocenters. The molecular weight excluding hydrogens is 210 g/mol. The largest absolute Gasteiger partial charge is 0.494 e. The Bertz CT molecular complexity index is 316. The van der Waals surface area contributed by atoms with Gasteiger partial charge in [-0.25, -0.2) is 0 Å². The van der Waals surface area contributed by atoms with E-state index in [-0.39, 0.29) is 0 Å². The van der Waals surface area contributed by atoms with E-state index >= 15 is 0 Å². The van der Waals surface area contributed by atoms with Crippen molar-refractivity contribution in [2.75, 3.05) is 19.7 Å². The zero-order valence-corrected chi connectivity index (χ0v) is 10.9. The van der Waals surface area contributed by atoms with Gasteiger partial charge in [0.1, 0.15) is 5.75 Å². The van der Waals surface area contributed by atoms with Crippen LogP contribution in [0.15, 0.2) is 30.3 Å². The van der Waals surface area contributed by atoms with Crippen molar-refractivity contribution in [3.63, 3.8) is 0 Å². The molecule has 0 aromatic heterocycles. The fraction of sp³-hybridized carbons (Fsp3) is 0.467. The number of benzene rings is 1. The normalized spacial score (nSPS) is 10.9. The molecule has 1 N–H and O–H groups in total. The van der Waals surface area contributed by atoms with Crippen LogP contribution >= 0.6 is 0 Å². The average molecular weight is 233 g/mol. The predicted octanol–water partition coefficient (Wildman–Crippen LogP) is 3.49. The average Bonchev–Trinajstić information content (AvgIpc) is 2.37. The van der Waals surface area contributed by atoms with Gasteiger partial charge in [-0.3, -0.25) is 0 Å². The van der Waals surface area contributed by atoms with Crippen LogP contribution in [0.3, 0.4) is 0 Å². The molecule has 0 unspecified atom stereocenters. The highest BCUT2D eigenvalue weighted by Gasteiger charge is 1.92. The summed E-state index contributed by atoms with van der Waals surface area (Å²) >= 11 is 0. The van der Waals surface area contributed by atoms with E-state index < -0.39 is 0 Å². The van der Waals surface area contributed by atoms with Gasteiger partial charge in [-0.05, 0) is 30.7 Å². The van der Waals surface area contributed by atoms with E-state index in [0.717, 1.165) is 31.9 Å². The van der Waals surface area contributed by atoms with E-state index in [1.54, 1.807) is 0 Å². The number of rotatable bonds is 8. The number of hydrogen-bond acceptors (Lipinski definition) is 2. The first-order valence-corrected chi connectivity index (χ1v) is 6.47. The maximum absolute atomic E-state index is 5.61. The van der Waals surface area contributed by atoms with Crippen molar-refractivity contribution in [1.82, 2.24) is 5.32 Å². The van der Waals surface area contributed by atoms with Gasteiger partial charge < -0.3 is 10.1 Å². The minimum atomic E-state index is 0.812. The predicted molar refractivity (Wildman–Crippen MR) is 74.4 cm³/mol. The second kappa shape index (κ2) is 8.82. The van der Waals surface area contributed by atoms with Crippen LogP contribution in [0.5, 0.6) is 5.75 Å². The molecule has 2 nitrogen and oxygen atoms in total. The highest BCUT2D eigenvalue weighted by atomic mass is 16.5. The summed E-state index contributed by atoms with van der Waals surface area (Å²) in [6, 6.07) is 8.23. The summed E-state index contributed by atoms with van der Waals surface area (Å²) in [5.41, 5.74) is 1.21. The van der Waals surface area contributed by atoms with Gasteiger partial charge in [0.05, 0.1) is 6.61 Å². The first-order valence-electron chi connectivity index (χ1n) is 6.47. The molecule has 0 aliphatic carbocycles. The number of unbranched alkanes of at least 4 members (excludes halogenated alkanes) is 1. The molecule has 94 valence electrons. The van der Waals surface area contributed by atoms with Gasteiger partial charge in [0.25, 0.3) is 0 Å². The lowest BCUT2D eigenvalue weighted by Crippen LogP contribution is -2.11. The van der Waals surface area contributed by atoms with E-state index in [2.05, 4.69) is 43.4 Å². The minimum absolute atomic E-state index is 0.812. The van der Waals surface area contributed by atoms with Crippen molar-refractivity contribution in [2.24, 2.45) is 0 Å². The Morgan fingerprint density at radius 3 is 2.59 bits per heavy atom. The molecule has 0 spiro atoms. The SMILES string of the molecule is CCCCOc1ccc(C=CCNCC)cc1. The van der Waals surface area contributed by atoms with Crippen LogP contribution in [0.25, 0.3) is 6.08 Å². The first-order chi connectivity index (χ1) is 8.36. The van der Waals surface area contributed by atoms with E-state index in [4.69, 9.17) is 4.74 Å². The van der Waals surface area contributed by atoms with Gasteiger partial charge in [0.2, 0.25) is 0 Å². The fourth-order valence-corrected chi connectivity index (χ4v) is 1.43. The zero-order chi connectivity index (χ0) is 12.3. The van der Waals surface area contributed by atoms with Crippen molar-refractivity contribution < 1.29 is 4.74 Å². The van der Waals surface area contributed by atoms with Crippen LogP contribution < -0.4 is 10.1 Å². The number of ether oxygens (including phenoxy) is 1. The summed E-state index contributed by atoms with van der Waals surface area (Å²) in [5, 5.41) is 3.25. The van der Waals surface area contributed by atoms with Gasteiger partial charge in [0.15, 0.2) is 0 Å². The lowest BCUT2D eigenvalue weighted by molar-refractivity contribution is 0.309. The molecule has 0 bridgehead atoms. The second-order valence-electron chi connectivity index (χ2n) is 3.98. The van der Waals surface area contributed by atoms with Crippen molar-refractivity contribution in [1.29, 1.82) is 0 Å². The second-order valence-corrected chi connectivity index (χ2v) is 3.98. The van der Waals surface area contributed by atoms with E-state index in [1.165, 1.54) is 12.0 Å². The molecule has 17 heavy (non-hydrogen) atoms. The highest BCUT2D eigenvalue weighted by Crippen LogP contribution is 2.13. The van der Waals surface area contributed by atoms with Crippen molar-refractivity contribution >= 4 is 6.08 Å². The van der Waals surface area contributed by atoms with Gasteiger partial charge in [-0.15, -0.1) is 0 Å². The van der Waals surface area contributed by atoms with Crippen LogP contribution in [0, 0.1) is 0 Å². The molecule has 1 rings (SSSR count). The van der Waals surface area contributed by atoms with Crippen LogP contribution in [0.4, 0.5) is 0 Å². The van der Waals surface area contributed by atoms with Gasteiger partial charge >= 0.3 is 0 Å². The highest BCUT2D eigenvalue weighted by molar-refractivity contribution is 5.50. The van der Waals surface area contributed by atoms with Crippen LogP contribution in [-0.4, -0.2) is 19.7 Å². The van der Waals surface area contributed by atoms with Crippen molar-refractivity contribution in [3.8, 4) is 5.75 Å². The van der Waals surface area contributed by atoms with Gasteiger partial charge in [-0.2, -0.15) is 0 Å². The number of hydrogen-bond donors (Lipinski definition) is 1. The molecule has 0 aliphatic heterocycles. The summed E-state index contributed by atoms with van der Waals surface area (Å²) in [7, 11) is 0. The van der Waals surface area contributed by atoms with E-state index in [9.17, 15) is 0 Å². The van der Waals surface area contributed by atoms with Crippen molar-refractivity contribution in [3.05, 3.63) is 35.9 Å². The van der Waals surface area contributed by atoms with Gasteiger partial charge in [0, 0.05) is 6.54 Å². The first kappa shape index (κ1) is 13.8. The Kier molecular flexibility index (Phi) is 7.15. The summed E-state index contributed by atoms with van der Waals surface area (Å²) in [4.78, 5) is 0. The third-order valence-electron chi connectivity index (χ3n) is 2.47. The molecule has 2 heteroatoms. The summed E-state index contributed by atoms with van der Waals surface area (Å²) in [6.45, 7) is 7.02. The fourth-order valence-electron chi connectivity index (χ4n) is 1.43. The molecule has 0 amide bonds. The molecule has 0 aliphatic rings. The smallest absolute Gasteiger partial charge is 0.119 e. The summed E-state index contributed by atoms with van der Waals surface area (Å²) < 4.78 is 5.61. The Hall–Kier alpha value is -1.28. The molecule has 0 saturated carbocycles. The third-order valence-corrected chi connectivity index (χ3v) is 2.47. The quantitative estimate of drug-likeness (QED) is 0.694. The summed E-state index contributed by atoms with van der Waals surface area (Å²) in [5.74, 6) is 0.960. The van der Waals surface area contributed by atoms with E-state index in [1.807, 2.05) is 12.1 Å². The van der Waals surface area contributed by atoms with Crippen LogP contribution in [0.1, 0.15) is 32.3 Å². The zero-order valence-electron chi connectivity index (χ0n) is 10.9. The van der Waals surface area contributed by atoms with Gasteiger partial charge in [-0.1, -0.05) is 44.6 Å². The topological polar surface area (TPSA) is 21.3 Å². The maximum atomic E-state index is 5.61. The lowest BCUT2D eigenvalue weighted by atomic mass is 10.2. The van der Waals surface area contributed by atoms with Crippen molar-refractivity contribution in [2.45, 2.75) is 26.7 Å². The molecule has 1 aromatic carbocycles. The Balaban J connectivity index is 2.36. The number of likely N-dealkylation sites (N-methyl/N-ethyl adjacent to an activating group) is 1. The maximum Gasteiger partial charge on any atom is 0.119 e. The van der Waals surface area contributed by atoms with E-state index in [0.29, 0.717) is 0 Å². The lowest BCUT2D eigenvalue weighted by Gasteiger charge is -2.05. The molecule has 0 heterocycles. The summed E-state index contributed by atoms with van der Waals surface area (Å²) in [6.07, 6.45) is 6.55. The number of nitrogens with one attached hydrogen (secondary N) is 1. The van der Waals surface area contributed by atoms with Crippen LogP contribution in [-0.2, 0) is 0 Å². The van der Waals surface area contributed by atoms with Crippen LogP contribution in [0.2, 0.25) is 0 Å². The Morgan fingerprint density at radius 1 is 1.18 bits per heavy atom. The molecule has 0 fully saturated rings. The Morgan fingerprint density at radius 2 is 1.94 bits per heavy atom. The Labute approximate surface area is 105 Å². The third kappa shape index (κ3) is 6.12. The minimum Gasteiger partial charge on any atom is -0.494 e. The standard InChI is InChI=1S/C15H23NO/c1-3-5-13-17-15-10-8-14(9-11-15)7-6-12-16-4-2/h6-11,16H,3-5,12-13H2,1-2H3. The molecule has 1 aromatic rings. The molecule has 0 saturated heterocycles.